The number of imide groups is 1. The number of methoxy groups -OCH3 is 2. The summed E-state index contributed by atoms with van der Waals surface area (Å²) in [5, 5.41) is 7.61. The smallest absolute Gasteiger partial charge is 0.272 e. The zero-order chi connectivity index (χ0) is 58.1. The van der Waals surface area contributed by atoms with Crippen LogP contribution in [0.4, 0.5) is 0 Å². The number of likely N-dealkylation sites (N-methyl/N-ethyl adjacent to an activating group) is 2. The number of hydrogen-bond acceptors (Lipinski definition) is 13. The first-order chi connectivity index (χ1) is 37.6. The number of ether oxygens (including phenoxy) is 2. The Morgan fingerprint density at radius 1 is 0.797 bits per heavy atom. The van der Waals surface area contributed by atoms with Crippen molar-refractivity contribution in [2.24, 2.45) is 23.7 Å². The SMILES string of the molecule is CC[C@H](C)[C@@H]([C@@H](CC(=O)N1CCC[C@H]1[C@H](OC)[C@@H](C)C(=O)N[C@@]1(C(=O)N2CCCCO2)C[C@@H]1c1ccccc1)OC)N(C)C(=O)[C@@H](NC(=O)[C@H](C(C)C)N(C)CCCC(=O)NNC(=O)CCCCCN1C(=O)C=CC1=O)C(C)C. The molecule has 2 saturated heterocycles. The number of unbranched alkanes of at least 4 members (excludes halogenated alkanes) is 2. The maximum Gasteiger partial charge on any atom is 0.272 e. The minimum atomic E-state index is -1.17. The normalized spacial score (nSPS) is 21.8. The number of rotatable bonds is 30. The van der Waals surface area contributed by atoms with Crippen LogP contribution in [0, 0.1) is 23.7 Å². The van der Waals surface area contributed by atoms with Crippen molar-refractivity contribution in [3.05, 3.63) is 48.0 Å². The Hall–Kier alpha value is -5.77. The fourth-order valence-electron chi connectivity index (χ4n) is 11.7. The van der Waals surface area contributed by atoms with Crippen LogP contribution >= 0.6 is 0 Å². The molecule has 0 spiro atoms. The van der Waals surface area contributed by atoms with E-state index >= 15 is 0 Å². The van der Waals surface area contributed by atoms with Gasteiger partial charge in [-0.3, -0.25) is 68.6 Å². The highest BCUT2D eigenvalue weighted by molar-refractivity contribution is 6.12. The molecule has 3 heterocycles. The lowest BCUT2D eigenvalue weighted by Gasteiger charge is -2.41. The van der Waals surface area contributed by atoms with Crippen LogP contribution in [0.5, 0.6) is 0 Å². The Balaban J connectivity index is 1.16. The highest BCUT2D eigenvalue weighted by Crippen LogP contribution is 2.53. The Kier molecular flexibility index (Phi) is 24.5. The molecule has 440 valence electrons. The van der Waals surface area contributed by atoms with Crippen LogP contribution in [0.3, 0.4) is 0 Å². The molecule has 0 bridgehead atoms. The number of hydrogen-bond donors (Lipinski definition) is 4. The predicted octanol–water partition coefficient (Wildman–Crippen LogP) is 4.01. The molecular formula is C58H91N9O12. The summed E-state index contributed by atoms with van der Waals surface area (Å²) >= 11 is 0. The summed E-state index contributed by atoms with van der Waals surface area (Å²) in [4.78, 5) is 133. The summed E-state index contributed by atoms with van der Waals surface area (Å²) in [5.74, 6) is -4.49. The van der Waals surface area contributed by atoms with Gasteiger partial charge in [0.25, 0.3) is 17.7 Å². The van der Waals surface area contributed by atoms with E-state index in [2.05, 4.69) is 21.5 Å². The van der Waals surface area contributed by atoms with Crippen LogP contribution in [0.1, 0.15) is 143 Å². The van der Waals surface area contributed by atoms with E-state index in [0.717, 1.165) is 23.3 Å². The van der Waals surface area contributed by atoms with E-state index in [4.69, 9.17) is 14.3 Å². The fourth-order valence-corrected chi connectivity index (χ4v) is 11.7. The summed E-state index contributed by atoms with van der Waals surface area (Å²) < 4.78 is 12.2. The molecule has 4 N–H and O–H groups in total. The highest BCUT2D eigenvalue weighted by Gasteiger charge is 2.64. The van der Waals surface area contributed by atoms with E-state index in [1.807, 2.05) is 76.8 Å². The van der Waals surface area contributed by atoms with E-state index in [9.17, 15) is 43.2 Å². The minimum absolute atomic E-state index is 0.0563. The van der Waals surface area contributed by atoms with Gasteiger partial charge in [-0.15, -0.1) is 0 Å². The van der Waals surface area contributed by atoms with Gasteiger partial charge in [-0.25, -0.2) is 5.06 Å². The Labute approximate surface area is 467 Å². The molecule has 1 aliphatic carbocycles. The predicted molar refractivity (Wildman–Crippen MR) is 296 cm³/mol. The zero-order valence-electron chi connectivity index (χ0n) is 48.8. The summed E-state index contributed by atoms with van der Waals surface area (Å²) in [7, 11) is 6.56. The van der Waals surface area contributed by atoms with Gasteiger partial charge in [0.2, 0.25) is 35.4 Å². The molecule has 0 radical (unpaired) electrons. The highest BCUT2D eigenvalue weighted by atomic mass is 16.7. The molecule has 1 aromatic rings. The topological polar surface area (TPSA) is 246 Å². The average molecular weight is 1110 g/mol. The lowest BCUT2D eigenvalue weighted by Crippen LogP contribution is -2.60. The van der Waals surface area contributed by atoms with Gasteiger partial charge in [0.15, 0.2) is 0 Å². The minimum Gasteiger partial charge on any atom is -0.379 e. The summed E-state index contributed by atoms with van der Waals surface area (Å²) in [6.45, 7) is 15.3. The van der Waals surface area contributed by atoms with Gasteiger partial charge in [0.1, 0.15) is 11.6 Å². The molecular weight excluding hydrogens is 1010 g/mol. The number of hydrazine groups is 1. The van der Waals surface area contributed by atoms with E-state index in [1.54, 1.807) is 30.8 Å². The third kappa shape index (κ3) is 16.7. The van der Waals surface area contributed by atoms with Gasteiger partial charge < -0.3 is 29.9 Å². The zero-order valence-corrected chi connectivity index (χ0v) is 48.8. The van der Waals surface area contributed by atoms with Crippen LogP contribution in [-0.4, -0.2) is 181 Å². The molecule has 21 nitrogen and oxygen atoms in total. The fraction of sp³-hybridized carbons (Fsp3) is 0.707. The third-order valence-electron chi connectivity index (χ3n) is 16.4. The molecule has 1 saturated carbocycles. The molecule has 10 atom stereocenters. The first kappa shape index (κ1) is 64.1. The van der Waals surface area contributed by atoms with Crippen molar-refractivity contribution in [3.8, 4) is 0 Å². The number of carbonyl (C=O) groups is 9. The third-order valence-corrected chi connectivity index (χ3v) is 16.4. The maximum atomic E-state index is 14.7. The monoisotopic (exact) mass is 1110 g/mol. The first-order valence-corrected chi connectivity index (χ1v) is 28.7. The van der Waals surface area contributed by atoms with Gasteiger partial charge in [-0.05, 0) is 88.3 Å². The van der Waals surface area contributed by atoms with Crippen molar-refractivity contribution >= 4 is 53.2 Å². The number of amides is 9. The largest absolute Gasteiger partial charge is 0.379 e. The lowest BCUT2D eigenvalue weighted by molar-refractivity contribution is -0.200. The molecule has 0 unspecified atom stereocenters. The summed E-state index contributed by atoms with van der Waals surface area (Å²) in [5.41, 5.74) is 4.65. The molecule has 3 aliphatic heterocycles. The van der Waals surface area contributed by atoms with E-state index < -0.39 is 53.7 Å². The van der Waals surface area contributed by atoms with Crippen LogP contribution in [0.25, 0.3) is 0 Å². The van der Waals surface area contributed by atoms with E-state index in [1.165, 1.54) is 31.4 Å². The number of likely N-dealkylation sites (tertiary alicyclic amines) is 1. The van der Waals surface area contributed by atoms with Gasteiger partial charge in [0, 0.05) is 71.8 Å². The van der Waals surface area contributed by atoms with Crippen molar-refractivity contribution in [1.82, 2.24) is 46.1 Å². The van der Waals surface area contributed by atoms with Crippen LogP contribution in [-0.2, 0) is 57.5 Å². The van der Waals surface area contributed by atoms with Crippen molar-refractivity contribution in [2.75, 3.05) is 61.1 Å². The first-order valence-electron chi connectivity index (χ1n) is 28.7. The van der Waals surface area contributed by atoms with Crippen molar-refractivity contribution < 1.29 is 57.5 Å². The van der Waals surface area contributed by atoms with Gasteiger partial charge in [-0.1, -0.05) is 91.6 Å². The summed E-state index contributed by atoms with van der Waals surface area (Å²) in [6.07, 6.45) is 7.36. The van der Waals surface area contributed by atoms with E-state index in [0.29, 0.717) is 77.6 Å². The number of nitrogens with zero attached hydrogens (tertiary/aromatic N) is 5. The van der Waals surface area contributed by atoms with E-state index in [-0.39, 0.29) is 96.7 Å². The molecule has 9 amide bonds. The Morgan fingerprint density at radius 3 is 2.04 bits per heavy atom. The number of benzene rings is 1. The van der Waals surface area contributed by atoms with Crippen molar-refractivity contribution in [2.45, 2.75) is 180 Å². The molecule has 3 fully saturated rings. The molecule has 5 rings (SSSR count). The average Bonchev–Trinajstić information content (AvgIpc) is 4.01. The van der Waals surface area contributed by atoms with Gasteiger partial charge in [0.05, 0.1) is 49.3 Å². The second-order valence-electron chi connectivity index (χ2n) is 22.7. The molecule has 79 heavy (non-hydrogen) atoms. The Bertz CT molecular complexity index is 2280. The molecule has 1 aromatic carbocycles. The number of hydroxylamine groups is 2. The summed E-state index contributed by atoms with van der Waals surface area (Å²) in [6, 6.07) is 7.10. The molecule has 0 aromatic heterocycles. The number of carbonyl (C=O) groups excluding carboxylic acids is 9. The van der Waals surface area contributed by atoms with Crippen LogP contribution in [0.2, 0.25) is 0 Å². The van der Waals surface area contributed by atoms with Crippen LogP contribution < -0.4 is 21.5 Å². The maximum absolute atomic E-state index is 14.7. The van der Waals surface area contributed by atoms with Gasteiger partial charge >= 0.3 is 0 Å². The van der Waals surface area contributed by atoms with Crippen molar-refractivity contribution in [1.29, 1.82) is 0 Å². The van der Waals surface area contributed by atoms with Gasteiger partial charge in [-0.2, -0.15) is 0 Å². The second kappa shape index (κ2) is 30.2. The van der Waals surface area contributed by atoms with Crippen molar-refractivity contribution in [3.63, 3.8) is 0 Å². The molecule has 21 heteroatoms. The standard InChI is InChI=1S/C58H91N9O12/c1-12-39(6)52(64(9)56(75)50(37(2)3)59-55(74)51(38(4)5)63(8)30-22-27-46(69)62-61-45(68)26-17-14-18-31-66-47(70)28-29-48(66)71)44(77-10)35-49(72)65-32-21-25-43(65)53(78-11)40(7)54(73)60-58(57(76)67-33-19-20-34-79-67)36-42(58)41-23-15-13-16-24-41/h13,15-16,23-24,28-29,37-40,42-44,50-53H,12,14,17-22,25-27,30-36H2,1-11H3,(H,59,74)(H,60,73)(H,61,68)(H,62,69)/t39-,40+,42+,43-,44+,50-,51-,52-,53+,58-/m0/s1. The number of nitrogens with one attached hydrogen (secondary N) is 4. The Morgan fingerprint density at radius 2 is 1.46 bits per heavy atom. The lowest BCUT2D eigenvalue weighted by atomic mass is 9.89. The second-order valence-corrected chi connectivity index (χ2v) is 22.7. The van der Waals surface area contributed by atoms with Crippen LogP contribution in [0.15, 0.2) is 42.5 Å². The molecule has 4 aliphatic rings. The quantitative estimate of drug-likeness (QED) is 0.0484.